The molecule has 2 aromatic rings. The molecule has 2 saturated heterocycles. The second-order valence-electron chi connectivity index (χ2n) is 7.95. The van der Waals surface area contributed by atoms with Crippen LogP contribution in [0.15, 0.2) is 40.9 Å². The van der Waals surface area contributed by atoms with Gasteiger partial charge in [-0.2, -0.15) is 0 Å². The van der Waals surface area contributed by atoms with Crippen molar-refractivity contribution in [3.63, 3.8) is 0 Å². The maximum absolute atomic E-state index is 13.5. The molecular formula is C21H26N4O5S. The van der Waals surface area contributed by atoms with Crippen molar-refractivity contribution in [1.29, 1.82) is 0 Å². The Morgan fingerprint density at radius 3 is 2.16 bits per heavy atom. The highest BCUT2D eigenvalue weighted by Crippen LogP contribution is 2.26. The van der Waals surface area contributed by atoms with E-state index in [-0.39, 0.29) is 29.1 Å². The molecule has 1 unspecified atom stereocenters. The van der Waals surface area contributed by atoms with Gasteiger partial charge >= 0.3 is 0 Å². The zero-order valence-corrected chi connectivity index (χ0v) is 18.3. The first-order valence-electron chi connectivity index (χ1n) is 10.3. The van der Waals surface area contributed by atoms with Crippen LogP contribution in [-0.2, 0) is 14.6 Å². The van der Waals surface area contributed by atoms with Gasteiger partial charge in [-0.1, -0.05) is 35.5 Å². The number of piperazine rings is 1. The van der Waals surface area contributed by atoms with Crippen LogP contribution in [0.5, 0.6) is 0 Å². The molecule has 0 N–H and O–H groups in total. The molecule has 1 aromatic heterocycles. The molecule has 9 nitrogen and oxygen atoms in total. The lowest BCUT2D eigenvalue weighted by Gasteiger charge is -2.40. The SMILES string of the molecule is Cc1cc(C(=O)N2CCN(C(=O)C(c3ccccc3)N3CCS(=O)(=O)CC3)CC2)on1. The summed E-state index contributed by atoms with van der Waals surface area (Å²) < 4.78 is 28.8. The zero-order valence-electron chi connectivity index (χ0n) is 17.4. The fourth-order valence-electron chi connectivity index (χ4n) is 4.05. The van der Waals surface area contributed by atoms with E-state index < -0.39 is 15.9 Å². The molecule has 1 aromatic carbocycles. The molecule has 4 rings (SSSR count). The van der Waals surface area contributed by atoms with Gasteiger partial charge in [0.1, 0.15) is 6.04 Å². The molecule has 2 amide bonds. The van der Waals surface area contributed by atoms with Crippen LogP contribution in [0.25, 0.3) is 0 Å². The summed E-state index contributed by atoms with van der Waals surface area (Å²) in [4.78, 5) is 31.5. The smallest absolute Gasteiger partial charge is 0.292 e. The first-order chi connectivity index (χ1) is 14.8. The zero-order chi connectivity index (χ0) is 22.0. The predicted octanol–water partition coefficient (Wildman–Crippen LogP) is 0.739. The van der Waals surface area contributed by atoms with Crippen LogP contribution in [0.4, 0.5) is 0 Å². The highest BCUT2D eigenvalue weighted by Gasteiger charge is 2.36. The Hall–Kier alpha value is -2.72. The van der Waals surface area contributed by atoms with E-state index >= 15 is 0 Å². The number of carbonyl (C=O) groups excluding carboxylic acids is 2. The number of sulfone groups is 1. The molecule has 0 radical (unpaired) electrons. The highest BCUT2D eigenvalue weighted by atomic mass is 32.2. The van der Waals surface area contributed by atoms with Crippen molar-refractivity contribution in [3.8, 4) is 0 Å². The van der Waals surface area contributed by atoms with E-state index in [4.69, 9.17) is 4.52 Å². The van der Waals surface area contributed by atoms with E-state index in [1.54, 1.807) is 22.8 Å². The average Bonchev–Trinajstić information content (AvgIpc) is 3.21. The van der Waals surface area contributed by atoms with Crippen LogP contribution in [0, 0.1) is 6.92 Å². The fourth-order valence-corrected chi connectivity index (χ4v) is 5.28. The largest absolute Gasteiger partial charge is 0.351 e. The summed E-state index contributed by atoms with van der Waals surface area (Å²) in [7, 11) is -3.05. The Balaban J connectivity index is 1.46. The lowest BCUT2D eigenvalue weighted by atomic mass is 10.0. The first-order valence-corrected chi connectivity index (χ1v) is 12.2. The topological polar surface area (TPSA) is 104 Å². The van der Waals surface area contributed by atoms with Gasteiger partial charge in [0, 0.05) is 45.3 Å². The Bertz CT molecular complexity index is 1030. The van der Waals surface area contributed by atoms with Crippen molar-refractivity contribution >= 4 is 21.7 Å². The molecule has 2 aliphatic rings. The summed E-state index contributed by atoms with van der Waals surface area (Å²) in [6.45, 7) is 4.04. The number of hydrogen-bond donors (Lipinski definition) is 0. The van der Waals surface area contributed by atoms with Crippen molar-refractivity contribution in [1.82, 2.24) is 19.9 Å². The van der Waals surface area contributed by atoms with Crippen LogP contribution in [0.3, 0.4) is 0 Å². The lowest BCUT2D eigenvalue weighted by molar-refractivity contribution is -0.138. The predicted molar refractivity (Wildman–Crippen MR) is 113 cm³/mol. The van der Waals surface area contributed by atoms with Gasteiger partial charge in [0.05, 0.1) is 17.2 Å². The van der Waals surface area contributed by atoms with Crippen molar-refractivity contribution < 1.29 is 22.5 Å². The van der Waals surface area contributed by atoms with Crippen molar-refractivity contribution in [2.24, 2.45) is 0 Å². The third-order valence-electron chi connectivity index (χ3n) is 5.81. The minimum atomic E-state index is -3.05. The maximum Gasteiger partial charge on any atom is 0.292 e. The van der Waals surface area contributed by atoms with E-state index in [0.29, 0.717) is 45.0 Å². The van der Waals surface area contributed by atoms with Gasteiger partial charge in [-0.25, -0.2) is 8.42 Å². The second kappa shape index (κ2) is 8.80. The monoisotopic (exact) mass is 446 g/mol. The number of hydrogen-bond acceptors (Lipinski definition) is 7. The van der Waals surface area contributed by atoms with Gasteiger partial charge in [-0.3, -0.25) is 14.5 Å². The first kappa shape index (κ1) is 21.5. The molecule has 166 valence electrons. The molecule has 1 atom stereocenters. The van der Waals surface area contributed by atoms with E-state index in [0.717, 1.165) is 5.56 Å². The molecular weight excluding hydrogens is 420 g/mol. The third-order valence-corrected chi connectivity index (χ3v) is 7.42. The van der Waals surface area contributed by atoms with E-state index in [1.165, 1.54) is 0 Å². The number of amides is 2. The number of aryl methyl sites for hydroxylation is 1. The number of rotatable bonds is 4. The number of benzene rings is 1. The normalized spacial score (nSPS) is 20.4. The molecule has 0 aliphatic carbocycles. The molecule has 10 heteroatoms. The number of nitrogens with zero attached hydrogens (tertiary/aromatic N) is 4. The molecule has 2 fully saturated rings. The fraction of sp³-hybridized carbons (Fsp3) is 0.476. The minimum absolute atomic E-state index is 0.0580. The lowest BCUT2D eigenvalue weighted by Crippen LogP contribution is -2.54. The average molecular weight is 447 g/mol. The number of carbonyl (C=O) groups is 2. The van der Waals surface area contributed by atoms with Gasteiger partial charge in [0.2, 0.25) is 11.7 Å². The second-order valence-corrected chi connectivity index (χ2v) is 10.3. The standard InChI is InChI=1S/C21H26N4O5S/c1-16-15-18(30-22-16)20(26)24-7-9-25(10-8-24)21(27)19(17-5-3-2-4-6-17)23-11-13-31(28,29)14-12-23/h2-6,15,19H,7-14H2,1H3. The van der Waals surface area contributed by atoms with Crippen molar-refractivity contribution in [2.75, 3.05) is 50.8 Å². The van der Waals surface area contributed by atoms with Crippen molar-refractivity contribution in [3.05, 3.63) is 53.4 Å². The Morgan fingerprint density at radius 2 is 1.58 bits per heavy atom. The van der Waals surface area contributed by atoms with Crippen LogP contribution in [0.2, 0.25) is 0 Å². The highest BCUT2D eigenvalue weighted by molar-refractivity contribution is 7.91. The summed E-state index contributed by atoms with van der Waals surface area (Å²) in [6, 6.07) is 10.5. The minimum Gasteiger partial charge on any atom is -0.351 e. The van der Waals surface area contributed by atoms with Gasteiger partial charge in [-0.15, -0.1) is 0 Å². The molecule has 0 bridgehead atoms. The Kier molecular flexibility index (Phi) is 6.10. The van der Waals surface area contributed by atoms with Crippen LogP contribution < -0.4 is 0 Å². The summed E-state index contributed by atoms with van der Waals surface area (Å²) >= 11 is 0. The quantitative estimate of drug-likeness (QED) is 0.682. The molecule has 0 saturated carbocycles. The van der Waals surface area contributed by atoms with Crippen molar-refractivity contribution in [2.45, 2.75) is 13.0 Å². The Morgan fingerprint density at radius 1 is 0.968 bits per heavy atom. The van der Waals surface area contributed by atoms with Gasteiger partial charge in [-0.05, 0) is 12.5 Å². The summed E-state index contributed by atoms with van der Waals surface area (Å²) in [6.07, 6.45) is 0. The molecule has 0 spiro atoms. The maximum atomic E-state index is 13.5. The van der Waals surface area contributed by atoms with E-state index in [2.05, 4.69) is 5.16 Å². The van der Waals surface area contributed by atoms with Crippen LogP contribution in [-0.4, -0.2) is 90.9 Å². The van der Waals surface area contributed by atoms with Gasteiger partial charge in [0.25, 0.3) is 5.91 Å². The molecule has 3 heterocycles. The number of aromatic nitrogens is 1. The van der Waals surface area contributed by atoms with Crippen LogP contribution in [0.1, 0.15) is 27.9 Å². The van der Waals surface area contributed by atoms with E-state index in [9.17, 15) is 18.0 Å². The van der Waals surface area contributed by atoms with Gasteiger partial charge in [0.15, 0.2) is 9.84 Å². The molecule has 2 aliphatic heterocycles. The molecule has 31 heavy (non-hydrogen) atoms. The van der Waals surface area contributed by atoms with E-state index in [1.807, 2.05) is 35.2 Å². The van der Waals surface area contributed by atoms with Crippen LogP contribution >= 0.6 is 0 Å². The third kappa shape index (κ3) is 4.80. The Labute approximate surface area is 181 Å². The summed E-state index contributed by atoms with van der Waals surface area (Å²) in [5.74, 6) is 0.0287. The van der Waals surface area contributed by atoms with Gasteiger partial charge < -0.3 is 14.3 Å². The summed E-state index contributed by atoms with van der Waals surface area (Å²) in [5, 5.41) is 3.76. The summed E-state index contributed by atoms with van der Waals surface area (Å²) in [5.41, 5.74) is 1.49.